The van der Waals surface area contributed by atoms with Crippen LogP contribution in [0.25, 0.3) is 63.6 Å². The lowest BCUT2D eigenvalue weighted by molar-refractivity contribution is 0.818. The first-order chi connectivity index (χ1) is 24.6. The first kappa shape index (κ1) is 30.0. The molecule has 1 heterocycles. The molecule has 3 nitrogen and oxygen atoms in total. The lowest BCUT2D eigenvalue weighted by atomic mass is 9.92. The third-order valence-corrected chi connectivity index (χ3v) is 10.9. The van der Waals surface area contributed by atoms with Gasteiger partial charge in [0, 0.05) is 36.7 Å². The van der Waals surface area contributed by atoms with Gasteiger partial charge in [-0.25, -0.2) is 4.99 Å². The van der Waals surface area contributed by atoms with Crippen LogP contribution in [0.15, 0.2) is 174 Å². The predicted molar refractivity (Wildman–Crippen MR) is 216 cm³/mol. The molecule has 1 atom stereocenters. The van der Waals surface area contributed by atoms with Gasteiger partial charge in [0.05, 0.1) is 6.04 Å². The van der Waals surface area contributed by atoms with Crippen LogP contribution in [-0.4, -0.2) is 11.7 Å². The summed E-state index contributed by atoms with van der Waals surface area (Å²) in [6, 6.07) is 57.5. The molecule has 0 saturated carbocycles. The summed E-state index contributed by atoms with van der Waals surface area (Å²) in [4.78, 5) is 10.1. The Morgan fingerprint density at radius 2 is 1.10 bits per heavy atom. The molecular weight excluding hydrogens is 627 g/mol. The molecule has 50 heavy (non-hydrogen) atoms. The van der Waals surface area contributed by atoms with Gasteiger partial charge in [-0.05, 0) is 62.7 Å². The quantitative estimate of drug-likeness (QED) is 0.112. The van der Waals surface area contributed by atoms with Gasteiger partial charge in [0.1, 0.15) is 5.84 Å². The fourth-order valence-electron chi connectivity index (χ4n) is 7.15. The van der Waals surface area contributed by atoms with Crippen molar-refractivity contribution in [2.75, 3.05) is 0 Å². The SMILES string of the molecule is CC(N=C(N=C(N)c1ccc2c(c1)c1ccccc1c1c2ccc2c3ccccc3sc21)c1ccccc1)c1ccc(-c2ccccc2)cc1. The maximum atomic E-state index is 6.87. The number of hydrogen-bond donors (Lipinski definition) is 1. The summed E-state index contributed by atoms with van der Waals surface area (Å²) in [5.74, 6) is 1.05. The average molecular weight is 660 g/mol. The molecule has 1 aromatic heterocycles. The van der Waals surface area contributed by atoms with Crippen molar-refractivity contribution in [1.82, 2.24) is 0 Å². The van der Waals surface area contributed by atoms with Gasteiger partial charge in [0.25, 0.3) is 0 Å². The van der Waals surface area contributed by atoms with E-state index in [1.165, 1.54) is 58.2 Å². The second-order valence-corrected chi connectivity index (χ2v) is 13.8. The highest BCUT2D eigenvalue weighted by atomic mass is 32.1. The second kappa shape index (κ2) is 12.4. The molecule has 9 aromatic rings. The summed E-state index contributed by atoms with van der Waals surface area (Å²) in [5, 5.41) is 10.0. The zero-order valence-corrected chi connectivity index (χ0v) is 28.4. The highest BCUT2D eigenvalue weighted by Crippen LogP contribution is 2.44. The Morgan fingerprint density at radius 3 is 1.88 bits per heavy atom. The molecule has 0 aliphatic heterocycles. The maximum Gasteiger partial charge on any atom is 0.157 e. The monoisotopic (exact) mass is 659 g/mol. The number of thiophene rings is 1. The van der Waals surface area contributed by atoms with E-state index < -0.39 is 0 Å². The largest absolute Gasteiger partial charge is 0.383 e. The summed E-state index contributed by atoms with van der Waals surface area (Å²) in [6.07, 6.45) is 0. The van der Waals surface area contributed by atoms with Gasteiger partial charge in [0.2, 0.25) is 0 Å². The van der Waals surface area contributed by atoms with Crippen LogP contribution in [0.4, 0.5) is 0 Å². The number of benzene rings is 8. The van der Waals surface area contributed by atoms with E-state index in [-0.39, 0.29) is 6.04 Å². The van der Waals surface area contributed by atoms with Gasteiger partial charge >= 0.3 is 0 Å². The summed E-state index contributed by atoms with van der Waals surface area (Å²) < 4.78 is 2.65. The van der Waals surface area contributed by atoms with Crippen LogP contribution >= 0.6 is 11.3 Å². The average Bonchev–Trinajstić information content (AvgIpc) is 3.57. The Morgan fingerprint density at radius 1 is 0.520 bits per heavy atom. The Hall–Kier alpha value is -6.10. The van der Waals surface area contributed by atoms with Crippen LogP contribution in [0, 0.1) is 0 Å². The van der Waals surface area contributed by atoms with Gasteiger partial charge in [-0.1, -0.05) is 152 Å². The van der Waals surface area contributed by atoms with Crippen molar-refractivity contribution < 1.29 is 0 Å². The summed E-state index contributed by atoms with van der Waals surface area (Å²) in [7, 11) is 0. The first-order valence-corrected chi connectivity index (χ1v) is 17.8. The van der Waals surface area contributed by atoms with Crippen molar-refractivity contribution in [2.24, 2.45) is 15.7 Å². The Balaban J connectivity index is 1.15. The number of nitrogens with two attached hydrogens (primary N) is 1. The van der Waals surface area contributed by atoms with Crippen LogP contribution in [0.1, 0.15) is 29.7 Å². The van der Waals surface area contributed by atoms with Gasteiger partial charge in [-0.3, -0.25) is 4.99 Å². The fourth-order valence-corrected chi connectivity index (χ4v) is 8.42. The van der Waals surface area contributed by atoms with Crippen molar-refractivity contribution in [3.63, 3.8) is 0 Å². The van der Waals surface area contributed by atoms with Crippen LogP contribution in [-0.2, 0) is 0 Å². The normalized spacial score (nSPS) is 13.1. The molecule has 0 amide bonds. The Labute approximate surface area is 294 Å². The predicted octanol–water partition coefficient (Wildman–Crippen LogP) is 12.1. The summed E-state index contributed by atoms with van der Waals surface area (Å²) >= 11 is 1.88. The lowest BCUT2D eigenvalue weighted by Gasteiger charge is -2.13. The maximum absolute atomic E-state index is 6.87. The zero-order valence-electron chi connectivity index (χ0n) is 27.5. The minimum Gasteiger partial charge on any atom is -0.383 e. The van der Waals surface area contributed by atoms with Crippen LogP contribution in [0.2, 0.25) is 0 Å². The molecule has 0 bridgehead atoms. The molecule has 238 valence electrons. The van der Waals surface area contributed by atoms with Crippen molar-refractivity contribution >= 4 is 75.5 Å². The van der Waals surface area contributed by atoms with Crippen molar-refractivity contribution in [3.8, 4) is 11.1 Å². The molecule has 8 aromatic carbocycles. The minimum atomic E-state index is -0.121. The number of fused-ring (bicyclic) bond motifs is 10. The van der Waals surface area contributed by atoms with E-state index in [0.29, 0.717) is 11.7 Å². The van der Waals surface area contributed by atoms with Crippen molar-refractivity contribution in [2.45, 2.75) is 13.0 Å². The molecule has 9 rings (SSSR count). The highest BCUT2D eigenvalue weighted by Gasteiger charge is 2.16. The van der Waals surface area contributed by atoms with E-state index in [9.17, 15) is 0 Å². The number of aliphatic imine (C=N–C) groups is 2. The van der Waals surface area contributed by atoms with E-state index in [0.717, 1.165) is 22.1 Å². The van der Waals surface area contributed by atoms with Crippen molar-refractivity contribution in [3.05, 3.63) is 180 Å². The lowest BCUT2D eigenvalue weighted by Crippen LogP contribution is -2.16. The standard InChI is InChI=1S/C46H33N3S/c1-29(30-20-22-32(23-21-30)31-12-4-2-5-13-31)48-46(33-14-6-3-7-15-33)49-45(47)34-24-25-36-39-26-27-40-37-17-10-11-19-42(37)50-44(40)43(39)38-18-9-8-16-35(38)41(36)28-34/h2-29H,1H3,(H2,47,48,49). The van der Waals surface area contributed by atoms with E-state index in [1.807, 2.05) is 47.7 Å². The molecule has 4 heteroatoms. The number of hydrogen-bond acceptors (Lipinski definition) is 2. The molecule has 1 unspecified atom stereocenters. The molecule has 0 aliphatic rings. The zero-order chi connectivity index (χ0) is 33.6. The molecule has 0 fully saturated rings. The topological polar surface area (TPSA) is 50.7 Å². The Bertz CT molecular complexity index is 2740. The Kier molecular flexibility index (Phi) is 7.45. The van der Waals surface area contributed by atoms with E-state index in [2.05, 4.69) is 134 Å². The summed E-state index contributed by atoms with van der Waals surface area (Å²) in [5.41, 5.74) is 12.2. The molecule has 0 aliphatic carbocycles. The van der Waals surface area contributed by atoms with Gasteiger partial charge < -0.3 is 5.73 Å². The van der Waals surface area contributed by atoms with Crippen LogP contribution in [0.3, 0.4) is 0 Å². The minimum absolute atomic E-state index is 0.121. The third kappa shape index (κ3) is 5.22. The third-order valence-electron chi connectivity index (χ3n) is 9.71. The van der Waals surface area contributed by atoms with E-state index in [1.54, 1.807) is 0 Å². The van der Waals surface area contributed by atoms with Crippen LogP contribution < -0.4 is 5.73 Å². The van der Waals surface area contributed by atoms with Gasteiger partial charge in [0.15, 0.2) is 5.84 Å². The van der Waals surface area contributed by atoms with Crippen LogP contribution in [0.5, 0.6) is 0 Å². The smallest absolute Gasteiger partial charge is 0.157 e. The number of nitrogens with zero attached hydrogens (tertiary/aromatic N) is 2. The molecule has 0 radical (unpaired) electrons. The molecule has 0 saturated heterocycles. The molecular formula is C46H33N3S. The summed E-state index contributed by atoms with van der Waals surface area (Å²) in [6.45, 7) is 2.10. The first-order valence-electron chi connectivity index (χ1n) is 16.9. The van der Waals surface area contributed by atoms with E-state index in [4.69, 9.17) is 15.7 Å². The number of amidine groups is 2. The van der Waals surface area contributed by atoms with Gasteiger partial charge in [-0.2, -0.15) is 0 Å². The van der Waals surface area contributed by atoms with Gasteiger partial charge in [-0.15, -0.1) is 11.3 Å². The highest BCUT2D eigenvalue weighted by molar-refractivity contribution is 7.26. The van der Waals surface area contributed by atoms with E-state index >= 15 is 0 Å². The second-order valence-electron chi connectivity index (χ2n) is 12.7. The number of rotatable bonds is 5. The fraction of sp³-hybridized carbons (Fsp3) is 0.0435. The molecule has 2 N–H and O–H groups in total. The van der Waals surface area contributed by atoms with Crippen molar-refractivity contribution in [1.29, 1.82) is 0 Å². The molecule has 0 spiro atoms.